The molecule has 2 aromatic carbocycles. The average Bonchev–Trinajstić information content (AvgIpc) is 2.68. The highest BCUT2D eigenvalue weighted by molar-refractivity contribution is 6.04. The summed E-state index contributed by atoms with van der Waals surface area (Å²) in [6.07, 6.45) is 3.60. The standard InChI is InChI=1S/C21H20FN3O/c1-15(24-14-16-3-2-12-23-13-16)17-6-10-20(11-7-17)25-21(26)18-4-8-19(22)9-5-18/h2-13,15,24H,14H2,1H3,(H,25,26)/t15-/m1/s1. The molecule has 0 bridgehead atoms. The molecule has 0 fully saturated rings. The zero-order valence-corrected chi connectivity index (χ0v) is 14.4. The van der Waals surface area contributed by atoms with Crippen LogP contribution in [0.3, 0.4) is 0 Å². The average molecular weight is 349 g/mol. The smallest absolute Gasteiger partial charge is 0.255 e. The number of halogens is 1. The molecule has 3 aromatic rings. The lowest BCUT2D eigenvalue weighted by Gasteiger charge is -2.15. The minimum atomic E-state index is -0.362. The summed E-state index contributed by atoms with van der Waals surface area (Å²) in [7, 11) is 0. The van der Waals surface area contributed by atoms with Crippen LogP contribution in [0.25, 0.3) is 0 Å². The van der Waals surface area contributed by atoms with Gasteiger partial charge in [0.25, 0.3) is 5.91 Å². The van der Waals surface area contributed by atoms with Crippen molar-refractivity contribution >= 4 is 11.6 Å². The number of aromatic nitrogens is 1. The molecule has 0 unspecified atom stereocenters. The van der Waals surface area contributed by atoms with E-state index in [-0.39, 0.29) is 17.8 Å². The minimum absolute atomic E-state index is 0.164. The van der Waals surface area contributed by atoms with Gasteiger partial charge in [0.15, 0.2) is 0 Å². The molecular weight excluding hydrogens is 329 g/mol. The van der Waals surface area contributed by atoms with E-state index in [4.69, 9.17) is 0 Å². The molecule has 0 aliphatic heterocycles. The molecule has 0 aliphatic rings. The number of rotatable bonds is 6. The lowest BCUT2D eigenvalue weighted by atomic mass is 10.1. The van der Waals surface area contributed by atoms with Crippen molar-refractivity contribution in [1.29, 1.82) is 0 Å². The van der Waals surface area contributed by atoms with Crippen LogP contribution < -0.4 is 10.6 Å². The third kappa shape index (κ3) is 4.74. The summed E-state index contributed by atoms with van der Waals surface area (Å²) in [5.41, 5.74) is 3.36. The number of hydrogen-bond donors (Lipinski definition) is 2. The Balaban J connectivity index is 1.57. The lowest BCUT2D eigenvalue weighted by molar-refractivity contribution is 0.102. The van der Waals surface area contributed by atoms with Crippen molar-refractivity contribution in [3.05, 3.63) is 95.6 Å². The third-order valence-corrected chi connectivity index (χ3v) is 4.11. The van der Waals surface area contributed by atoms with E-state index >= 15 is 0 Å². The van der Waals surface area contributed by atoms with Crippen LogP contribution in [-0.4, -0.2) is 10.9 Å². The summed E-state index contributed by atoms with van der Waals surface area (Å²) in [6, 6.07) is 17.2. The molecule has 0 radical (unpaired) electrons. The molecular formula is C21H20FN3O. The van der Waals surface area contributed by atoms with E-state index in [0.29, 0.717) is 11.3 Å². The number of hydrogen-bond acceptors (Lipinski definition) is 3. The first kappa shape index (κ1) is 17.8. The van der Waals surface area contributed by atoms with Crippen molar-refractivity contribution < 1.29 is 9.18 Å². The van der Waals surface area contributed by atoms with E-state index in [2.05, 4.69) is 22.5 Å². The summed E-state index contributed by atoms with van der Waals surface area (Å²) >= 11 is 0. The van der Waals surface area contributed by atoms with Crippen molar-refractivity contribution in [3.8, 4) is 0 Å². The molecule has 26 heavy (non-hydrogen) atoms. The topological polar surface area (TPSA) is 54.0 Å². The van der Waals surface area contributed by atoms with Gasteiger partial charge in [0.05, 0.1) is 0 Å². The Hall–Kier alpha value is -3.05. The minimum Gasteiger partial charge on any atom is -0.322 e. The monoisotopic (exact) mass is 349 g/mol. The molecule has 0 saturated heterocycles. The summed E-state index contributed by atoms with van der Waals surface area (Å²) < 4.78 is 12.9. The Kier molecular flexibility index (Phi) is 5.71. The van der Waals surface area contributed by atoms with Gasteiger partial charge >= 0.3 is 0 Å². The molecule has 1 atom stereocenters. The number of amides is 1. The molecule has 0 spiro atoms. The van der Waals surface area contributed by atoms with Crippen molar-refractivity contribution in [3.63, 3.8) is 0 Å². The molecule has 4 nitrogen and oxygen atoms in total. The fraction of sp³-hybridized carbons (Fsp3) is 0.143. The number of nitrogens with zero attached hydrogens (tertiary/aromatic N) is 1. The highest BCUT2D eigenvalue weighted by atomic mass is 19.1. The van der Waals surface area contributed by atoms with Crippen molar-refractivity contribution in [1.82, 2.24) is 10.3 Å². The van der Waals surface area contributed by atoms with E-state index in [1.807, 2.05) is 42.6 Å². The maximum absolute atomic E-state index is 12.9. The summed E-state index contributed by atoms with van der Waals surface area (Å²) in [6.45, 7) is 2.82. The van der Waals surface area contributed by atoms with Gasteiger partial charge in [-0.2, -0.15) is 0 Å². The summed E-state index contributed by atoms with van der Waals surface area (Å²) in [4.78, 5) is 16.3. The molecule has 1 amide bonds. The van der Waals surface area contributed by atoms with Gasteiger partial charge in [0.2, 0.25) is 0 Å². The fourth-order valence-corrected chi connectivity index (χ4v) is 2.55. The Labute approximate surface area is 152 Å². The van der Waals surface area contributed by atoms with Gasteiger partial charge < -0.3 is 10.6 Å². The zero-order valence-electron chi connectivity index (χ0n) is 14.4. The van der Waals surface area contributed by atoms with E-state index in [1.54, 1.807) is 6.20 Å². The number of nitrogens with one attached hydrogen (secondary N) is 2. The Bertz CT molecular complexity index is 849. The fourth-order valence-electron chi connectivity index (χ4n) is 2.55. The first-order valence-electron chi connectivity index (χ1n) is 8.41. The van der Waals surface area contributed by atoms with Crippen LogP contribution in [0.1, 0.15) is 34.5 Å². The van der Waals surface area contributed by atoms with Gasteiger partial charge in [-0.15, -0.1) is 0 Å². The number of benzene rings is 2. The second-order valence-corrected chi connectivity index (χ2v) is 6.05. The number of carbonyl (C=O) groups is 1. The zero-order chi connectivity index (χ0) is 18.4. The van der Waals surface area contributed by atoms with Crippen LogP contribution in [0.2, 0.25) is 0 Å². The normalized spacial score (nSPS) is 11.8. The Morgan fingerprint density at radius 1 is 1.08 bits per heavy atom. The predicted octanol–water partition coefficient (Wildman–Crippen LogP) is 4.32. The summed E-state index contributed by atoms with van der Waals surface area (Å²) in [5.74, 6) is -0.626. The number of pyridine rings is 1. The van der Waals surface area contributed by atoms with Gasteiger partial charge in [0, 0.05) is 36.2 Å². The number of carbonyl (C=O) groups excluding carboxylic acids is 1. The maximum Gasteiger partial charge on any atom is 0.255 e. The second-order valence-electron chi connectivity index (χ2n) is 6.05. The van der Waals surface area contributed by atoms with E-state index in [0.717, 1.165) is 17.7 Å². The first-order chi connectivity index (χ1) is 12.6. The van der Waals surface area contributed by atoms with Crippen LogP contribution >= 0.6 is 0 Å². The van der Waals surface area contributed by atoms with Crippen molar-refractivity contribution in [2.24, 2.45) is 0 Å². The molecule has 132 valence electrons. The second kappa shape index (κ2) is 8.36. The van der Waals surface area contributed by atoms with Gasteiger partial charge in [-0.05, 0) is 60.5 Å². The van der Waals surface area contributed by atoms with E-state index in [1.165, 1.54) is 24.3 Å². The quantitative estimate of drug-likeness (QED) is 0.697. The van der Waals surface area contributed by atoms with Crippen molar-refractivity contribution in [2.75, 3.05) is 5.32 Å². The molecule has 5 heteroatoms. The SMILES string of the molecule is C[C@@H](NCc1cccnc1)c1ccc(NC(=O)c2ccc(F)cc2)cc1. The lowest BCUT2D eigenvalue weighted by Crippen LogP contribution is -2.18. The van der Waals surface area contributed by atoms with E-state index < -0.39 is 0 Å². The van der Waals surface area contributed by atoms with Gasteiger partial charge in [0.1, 0.15) is 5.82 Å². The Morgan fingerprint density at radius 3 is 2.46 bits per heavy atom. The molecule has 3 rings (SSSR count). The molecule has 1 aromatic heterocycles. The Morgan fingerprint density at radius 2 is 1.81 bits per heavy atom. The maximum atomic E-state index is 12.9. The summed E-state index contributed by atoms with van der Waals surface area (Å²) in [5, 5.41) is 6.26. The van der Waals surface area contributed by atoms with E-state index in [9.17, 15) is 9.18 Å². The van der Waals surface area contributed by atoms with Crippen LogP contribution in [0.4, 0.5) is 10.1 Å². The largest absolute Gasteiger partial charge is 0.322 e. The first-order valence-corrected chi connectivity index (χ1v) is 8.41. The van der Waals surface area contributed by atoms with Gasteiger partial charge in [-0.1, -0.05) is 18.2 Å². The molecule has 1 heterocycles. The van der Waals surface area contributed by atoms with Gasteiger partial charge in [-0.25, -0.2) is 4.39 Å². The third-order valence-electron chi connectivity index (χ3n) is 4.11. The van der Waals surface area contributed by atoms with Crippen molar-refractivity contribution in [2.45, 2.75) is 19.5 Å². The highest BCUT2D eigenvalue weighted by Gasteiger charge is 2.08. The molecule has 0 aliphatic carbocycles. The number of anilines is 1. The van der Waals surface area contributed by atoms with Crippen LogP contribution in [-0.2, 0) is 6.54 Å². The molecule has 2 N–H and O–H groups in total. The van der Waals surface area contributed by atoms with Crippen LogP contribution in [0.5, 0.6) is 0 Å². The molecule has 0 saturated carbocycles. The highest BCUT2D eigenvalue weighted by Crippen LogP contribution is 2.17. The van der Waals surface area contributed by atoms with Gasteiger partial charge in [-0.3, -0.25) is 9.78 Å². The van der Waals surface area contributed by atoms with Crippen LogP contribution in [0, 0.1) is 5.82 Å². The van der Waals surface area contributed by atoms with Crippen LogP contribution in [0.15, 0.2) is 73.1 Å². The predicted molar refractivity (Wildman–Crippen MR) is 100 cm³/mol.